The smallest absolute Gasteiger partial charge is 0.217 e. The summed E-state index contributed by atoms with van der Waals surface area (Å²) < 4.78 is 13.2. The average molecular weight is 338 g/mol. The van der Waals surface area contributed by atoms with Crippen molar-refractivity contribution in [2.45, 2.75) is 13.0 Å². The van der Waals surface area contributed by atoms with Gasteiger partial charge in [-0.15, -0.1) is 0 Å². The van der Waals surface area contributed by atoms with E-state index in [-0.39, 0.29) is 5.88 Å². The lowest BCUT2D eigenvalue weighted by Gasteiger charge is -2.13. The van der Waals surface area contributed by atoms with Crippen molar-refractivity contribution < 1.29 is 14.6 Å². The van der Waals surface area contributed by atoms with Crippen molar-refractivity contribution in [3.63, 3.8) is 0 Å². The van der Waals surface area contributed by atoms with Crippen LogP contribution in [0.3, 0.4) is 0 Å². The van der Waals surface area contributed by atoms with Gasteiger partial charge in [0.15, 0.2) is 5.88 Å². The fraction of sp³-hybridized carbons (Fsp3) is 0.222. The van der Waals surface area contributed by atoms with E-state index in [2.05, 4.69) is 9.97 Å². The molecule has 1 aliphatic heterocycles. The Kier molecular flexibility index (Phi) is 3.89. The fourth-order valence-corrected chi connectivity index (χ4v) is 2.86. The van der Waals surface area contributed by atoms with E-state index in [1.54, 1.807) is 22.9 Å². The van der Waals surface area contributed by atoms with Gasteiger partial charge in [0.25, 0.3) is 0 Å². The summed E-state index contributed by atoms with van der Waals surface area (Å²) in [5.41, 5.74) is 7.50. The van der Waals surface area contributed by atoms with Gasteiger partial charge >= 0.3 is 0 Å². The third-order valence-corrected chi connectivity index (χ3v) is 4.08. The lowest BCUT2D eigenvalue weighted by molar-refractivity contribution is 0.312. The van der Waals surface area contributed by atoms with Gasteiger partial charge in [0, 0.05) is 23.7 Å². The Morgan fingerprint density at radius 1 is 1.20 bits per heavy atom. The maximum absolute atomic E-state index is 10.4. The standard InChI is InChI=1S/C18H18N4O3/c19-18-12-9-17(23)22-11-13-15(5-4-6-20-13)24-7-2-1-3-8-25-16(21-18)10-14(12)22/h1-2,4-6,9-10,23H,3,7-8,11H2,(H2,19,21)/b2-1+. The Balaban J connectivity index is 1.86. The molecule has 4 heterocycles. The minimum atomic E-state index is 0.0873. The van der Waals surface area contributed by atoms with E-state index < -0.39 is 0 Å². The highest BCUT2D eigenvalue weighted by molar-refractivity contribution is 5.91. The molecule has 7 nitrogen and oxygen atoms in total. The van der Waals surface area contributed by atoms with Crippen molar-refractivity contribution in [1.29, 1.82) is 0 Å². The van der Waals surface area contributed by atoms with Crippen LogP contribution in [0.25, 0.3) is 10.9 Å². The van der Waals surface area contributed by atoms with Gasteiger partial charge in [-0.25, -0.2) is 0 Å². The van der Waals surface area contributed by atoms with E-state index in [1.165, 1.54) is 0 Å². The maximum Gasteiger partial charge on any atom is 0.217 e. The third-order valence-electron chi connectivity index (χ3n) is 4.08. The molecule has 0 aromatic carbocycles. The predicted molar refractivity (Wildman–Crippen MR) is 93.9 cm³/mol. The molecule has 0 atom stereocenters. The summed E-state index contributed by atoms with van der Waals surface area (Å²) in [7, 11) is 0. The number of rotatable bonds is 0. The van der Waals surface area contributed by atoms with Crippen molar-refractivity contribution >= 4 is 16.7 Å². The summed E-state index contributed by atoms with van der Waals surface area (Å²) >= 11 is 0. The molecule has 7 heteroatoms. The van der Waals surface area contributed by atoms with Gasteiger partial charge in [0.1, 0.15) is 23.9 Å². The first-order valence-electron chi connectivity index (χ1n) is 8.05. The summed E-state index contributed by atoms with van der Waals surface area (Å²) in [6.45, 7) is 1.28. The molecule has 3 aromatic rings. The second-order valence-corrected chi connectivity index (χ2v) is 5.73. The number of aromatic nitrogens is 3. The minimum Gasteiger partial charge on any atom is -0.494 e. The van der Waals surface area contributed by atoms with E-state index in [1.807, 2.05) is 24.3 Å². The number of aromatic hydroxyl groups is 1. The molecule has 4 rings (SSSR count). The number of pyridine rings is 2. The van der Waals surface area contributed by atoms with Crippen LogP contribution in [0.5, 0.6) is 17.5 Å². The van der Waals surface area contributed by atoms with Gasteiger partial charge < -0.3 is 24.9 Å². The van der Waals surface area contributed by atoms with Gasteiger partial charge in [0.05, 0.1) is 18.7 Å². The molecule has 0 spiro atoms. The van der Waals surface area contributed by atoms with Crippen molar-refractivity contribution in [3.8, 4) is 17.5 Å². The predicted octanol–water partition coefficient (Wildman–Crippen LogP) is 2.48. The van der Waals surface area contributed by atoms with Crippen molar-refractivity contribution in [3.05, 3.63) is 48.3 Å². The highest BCUT2D eigenvalue weighted by Crippen LogP contribution is 2.32. The Morgan fingerprint density at radius 3 is 3.04 bits per heavy atom. The molecule has 1 aliphatic rings. The van der Waals surface area contributed by atoms with E-state index >= 15 is 0 Å². The van der Waals surface area contributed by atoms with Crippen LogP contribution in [0.15, 0.2) is 42.6 Å². The molecule has 0 saturated carbocycles. The van der Waals surface area contributed by atoms with Crippen LogP contribution in [0.4, 0.5) is 5.82 Å². The largest absolute Gasteiger partial charge is 0.494 e. The summed E-state index contributed by atoms with van der Waals surface area (Å²) in [5, 5.41) is 11.1. The topological polar surface area (TPSA) is 95.4 Å². The van der Waals surface area contributed by atoms with Crippen molar-refractivity contribution in [1.82, 2.24) is 14.5 Å². The zero-order valence-corrected chi connectivity index (χ0v) is 13.6. The van der Waals surface area contributed by atoms with Crippen LogP contribution in [0.2, 0.25) is 0 Å². The molecule has 0 unspecified atom stereocenters. The SMILES string of the molecule is Nc1nc2cc3c1cc(O)n3Cc1ncccc1OC/C=C/CCO2. The zero-order valence-electron chi connectivity index (χ0n) is 13.6. The second kappa shape index (κ2) is 6.35. The summed E-state index contributed by atoms with van der Waals surface area (Å²) in [5.74, 6) is 1.53. The number of ether oxygens (including phenoxy) is 2. The normalized spacial score (nSPS) is 15.8. The Morgan fingerprint density at radius 2 is 2.12 bits per heavy atom. The summed E-state index contributed by atoms with van der Waals surface area (Å²) in [6, 6.07) is 7.08. The van der Waals surface area contributed by atoms with Crippen LogP contribution < -0.4 is 15.2 Å². The molecular formula is C18H18N4O3. The highest BCUT2D eigenvalue weighted by Gasteiger charge is 2.16. The molecule has 3 aromatic heterocycles. The quantitative estimate of drug-likeness (QED) is 0.612. The molecule has 0 radical (unpaired) electrons. The van der Waals surface area contributed by atoms with Gasteiger partial charge in [0.2, 0.25) is 5.88 Å². The monoisotopic (exact) mass is 338 g/mol. The molecule has 128 valence electrons. The fourth-order valence-electron chi connectivity index (χ4n) is 2.86. The first-order chi connectivity index (χ1) is 12.2. The lowest BCUT2D eigenvalue weighted by Crippen LogP contribution is -2.07. The molecule has 3 N–H and O–H groups in total. The van der Waals surface area contributed by atoms with Crippen molar-refractivity contribution in [2.24, 2.45) is 0 Å². The molecule has 0 amide bonds. The molecular weight excluding hydrogens is 320 g/mol. The molecule has 25 heavy (non-hydrogen) atoms. The van der Waals surface area contributed by atoms with Crippen LogP contribution in [0.1, 0.15) is 12.1 Å². The zero-order chi connectivity index (χ0) is 17.2. The third kappa shape index (κ3) is 2.96. The van der Waals surface area contributed by atoms with Crippen LogP contribution in [-0.4, -0.2) is 32.9 Å². The van der Waals surface area contributed by atoms with E-state index in [4.69, 9.17) is 15.2 Å². The van der Waals surface area contributed by atoms with Gasteiger partial charge in [-0.3, -0.25) is 4.98 Å². The van der Waals surface area contributed by atoms with Gasteiger partial charge in [-0.1, -0.05) is 12.2 Å². The molecule has 0 aliphatic carbocycles. The number of fused-ring (bicyclic) bond motifs is 2. The highest BCUT2D eigenvalue weighted by atomic mass is 16.5. The summed E-state index contributed by atoms with van der Waals surface area (Å²) in [4.78, 5) is 8.66. The maximum atomic E-state index is 10.4. The lowest BCUT2D eigenvalue weighted by atomic mass is 10.3. The van der Waals surface area contributed by atoms with E-state index in [9.17, 15) is 5.11 Å². The van der Waals surface area contributed by atoms with E-state index in [0.29, 0.717) is 42.6 Å². The van der Waals surface area contributed by atoms with Gasteiger partial charge in [-0.05, 0) is 18.6 Å². The van der Waals surface area contributed by atoms with Crippen molar-refractivity contribution in [2.75, 3.05) is 18.9 Å². The summed E-state index contributed by atoms with van der Waals surface area (Å²) in [6.07, 6.45) is 6.37. The molecule has 0 saturated heterocycles. The van der Waals surface area contributed by atoms with Crippen LogP contribution in [0, 0.1) is 0 Å². The Hall–Kier alpha value is -3.22. The number of nitrogens with zero attached hydrogens (tertiary/aromatic N) is 3. The number of nitrogens with two attached hydrogens (primary N) is 1. The van der Waals surface area contributed by atoms with Gasteiger partial charge in [-0.2, -0.15) is 4.98 Å². The average Bonchev–Trinajstić information content (AvgIpc) is 2.92. The second-order valence-electron chi connectivity index (χ2n) is 5.73. The molecule has 0 fully saturated rings. The van der Waals surface area contributed by atoms with Crippen LogP contribution in [-0.2, 0) is 6.54 Å². The first-order valence-corrected chi connectivity index (χ1v) is 8.05. The number of hydrogen-bond donors (Lipinski definition) is 2. The molecule has 2 bridgehead atoms. The number of hydrogen-bond acceptors (Lipinski definition) is 6. The first kappa shape index (κ1) is 15.3. The minimum absolute atomic E-state index is 0.0873. The van der Waals surface area contributed by atoms with Crippen LogP contribution >= 0.6 is 0 Å². The Labute approximate surface area is 144 Å². The van der Waals surface area contributed by atoms with E-state index in [0.717, 1.165) is 17.6 Å². The Bertz CT molecular complexity index is 949. The number of anilines is 1. The number of nitrogen functional groups attached to an aromatic ring is 1.